The Morgan fingerprint density at radius 3 is 2.85 bits per heavy atom. The number of carbonyl (C=O) groups is 2. The molecule has 0 aliphatic heterocycles. The molecule has 2 N–H and O–H groups in total. The Labute approximate surface area is 116 Å². The molecule has 0 radical (unpaired) electrons. The minimum Gasteiger partial charge on any atom is -0.480 e. The SMILES string of the molecule is COCCN(CC(=O)O)C(=O)c1cccc2cc[nH]c12. The van der Waals surface area contributed by atoms with Crippen molar-refractivity contribution in [2.45, 2.75) is 0 Å². The number of carboxylic acid groups (broad SMARTS) is 1. The van der Waals surface area contributed by atoms with Gasteiger partial charge >= 0.3 is 5.97 Å². The van der Waals surface area contributed by atoms with Crippen LogP contribution in [0.4, 0.5) is 0 Å². The third-order valence-electron chi connectivity index (χ3n) is 3.00. The van der Waals surface area contributed by atoms with Crippen LogP contribution in [0.5, 0.6) is 0 Å². The summed E-state index contributed by atoms with van der Waals surface area (Å²) in [6.07, 6.45) is 1.75. The molecule has 1 aromatic heterocycles. The quantitative estimate of drug-likeness (QED) is 0.834. The molecule has 0 aliphatic rings. The molecule has 6 nitrogen and oxygen atoms in total. The van der Waals surface area contributed by atoms with Gasteiger partial charge in [-0.25, -0.2) is 0 Å². The molecule has 6 heteroatoms. The number of nitrogens with one attached hydrogen (secondary N) is 1. The predicted molar refractivity (Wildman–Crippen MR) is 73.7 cm³/mol. The Morgan fingerprint density at radius 1 is 1.35 bits per heavy atom. The van der Waals surface area contributed by atoms with Crippen LogP contribution in [0, 0.1) is 0 Å². The van der Waals surface area contributed by atoms with Gasteiger partial charge in [-0.1, -0.05) is 12.1 Å². The molecule has 1 aromatic carbocycles. The van der Waals surface area contributed by atoms with Crippen molar-refractivity contribution < 1.29 is 19.4 Å². The molecule has 0 saturated carbocycles. The minimum atomic E-state index is -1.05. The first-order valence-corrected chi connectivity index (χ1v) is 6.19. The summed E-state index contributed by atoms with van der Waals surface area (Å²) in [4.78, 5) is 27.6. The van der Waals surface area contributed by atoms with E-state index in [4.69, 9.17) is 9.84 Å². The highest BCUT2D eigenvalue weighted by Gasteiger charge is 2.20. The Bertz CT molecular complexity index is 620. The zero-order valence-electron chi connectivity index (χ0n) is 11.1. The number of nitrogens with zero attached hydrogens (tertiary/aromatic N) is 1. The molecule has 2 aromatic rings. The van der Waals surface area contributed by atoms with Gasteiger partial charge in [-0.05, 0) is 12.1 Å². The molecule has 0 saturated heterocycles. The molecule has 0 spiro atoms. The highest BCUT2D eigenvalue weighted by atomic mass is 16.5. The van der Waals surface area contributed by atoms with Crippen LogP contribution in [-0.4, -0.2) is 53.7 Å². The summed E-state index contributed by atoms with van der Waals surface area (Å²) in [7, 11) is 1.51. The van der Waals surface area contributed by atoms with Gasteiger partial charge in [0.2, 0.25) is 0 Å². The van der Waals surface area contributed by atoms with Crippen LogP contribution in [0.25, 0.3) is 10.9 Å². The summed E-state index contributed by atoms with van der Waals surface area (Å²) < 4.78 is 4.92. The zero-order chi connectivity index (χ0) is 14.5. The first-order valence-electron chi connectivity index (χ1n) is 6.19. The van der Waals surface area contributed by atoms with Gasteiger partial charge in [0.1, 0.15) is 6.54 Å². The van der Waals surface area contributed by atoms with Gasteiger partial charge in [0, 0.05) is 25.2 Å². The predicted octanol–water partition coefficient (Wildman–Crippen LogP) is 1.34. The summed E-state index contributed by atoms with van der Waals surface area (Å²) in [5, 5.41) is 9.82. The van der Waals surface area contributed by atoms with Gasteiger partial charge in [-0.3, -0.25) is 9.59 Å². The lowest BCUT2D eigenvalue weighted by Crippen LogP contribution is -2.38. The molecule has 1 heterocycles. The average Bonchev–Trinajstić information content (AvgIpc) is 2.90. The van der Waals surface area contributed by atoms with Crippen molar-refractivity contribution in [2.75, 3.05) is 26.8 Å². The van der Waals surface area contributed by atoms with Gasteiger partial charge in [-0.2, -0.15) is 0 Å². The number of aromatic nitrogens is 1. The number of rotatable bonds is 6. The first kappa shape index (κ1) is 14.1. The van der Waals surface area contributed by atoms with Gasteiger partial charge < -0.3 is 19.7 Å². The number of aromatic amines is 1. The maximum atomic E-state index is 12.5. The molecule has 106 valence electrons. The molecule has 20 heavy (non-hydrogen) atoms. The van der Waals surface area contributed by atoms with E-state index in [1.54, 1.807) is 18.3 Å². The lowest BCUT2D eigenvalue weighted by molar-refractivity contribution is -0.137. The van der Waals surface area contributed by atoms with E-state index < -0.39 is 5.97 Å². The maximum absolute atomic E-state index is 12.5. The summed E-state index contributed by atoms with van der Waals surface area (Å²) in [5.41, 5.74) is 1.18. The van der Waals surface area contributed by atoms with Gasteiger partial charge in [0.15, 0.2) is 0 Å². The topological polar surface area (TPSA) is 82.6 Å². The van der Waals surface area contributed by atoms with E-state index in [9.17, 15) is 9.59 Å². The van der Waals surface area contributed by atoms with E-state index in [2.05, 4.69) is 4.98 Å². The highest BCUT2D eigenvalue weighted by Crippen LogP contribution is 2.18. The summed E-state index contributed by atoms with van der Waals surface area (Å²) >= 11 is 0. The minimum absolute atomic E-state index is 0.235. The van der Waals surface area contributed by atoms with Crippen molar-refractivity contribution in [3.63, 3.8) is 0 Å². The fraction of sp³-hybridized carbons (Fsp3) is 0.286. The van der Waals surface area contributed by atoms with E-state index in [1.165, 1.54) is 12.0 Å². The van der Waals surface area contributed by atoms with Crippen molar-refractivity contribution in [1.82, 2.24) is 9.88 Å². The van der Waals surface area contributed by atoms with E-state index in [1.807, 2.05) is 12.1 Å². The van der Waals surface area contributed by atoms with Crippen molar-refractivity contribution >= 4 is 22.8 Å². The molecule has 0 atom stereocenters. The van der Waals surface area contributed by atoms with Gasteiger partial charge in [0.25, 0.3) is 5.91 Å². The normalized spacial score (nSPS) is 10.7. The molecule has 0 unspecified atom stereocenters. The van der Waals surface area contributed by atoms with Crippen molar-refractivity contribution in [2.24, 2.45) is 0 Å². The van der Waals surface area contributed by atoms with E-state index in [0.29, 0.717) is 17.7 Å². The van der Waals surface area contributed by atoms with Crippen molar-refractivity contribution in [3.05, 3.63) is 36.0 Å². The van der Waals surface area contributed by atoms with Gasteiger partial charge in [-0.15, -0.1) is 0 Å². The second kappa shape index (κ2) is 6.21. The van der Waals surface area contributed by atoms with Crippen LogP contribution in [0.15, 0.2) is 30.5 Å². The number of fused-ring (bicyclic) bond motifs is 1. The molecule has 0 aliphatic carbocycles. The van der Waals surface area contributed by atoms with Crippen LogP contribution in [-0.2, 0) is 9.53 Å². The molecular formula is C14H16N2O4. The number of aliphatic carboxylic acids is 1. The molecule has 2 rings (SSSR count). The Hall–Kier alpha value is -2.34. The Kier molecular flexibility index (Phi) is 4.37. The number of carboxylic acids is 1. The van der Waals surface area contributed by atoms with Crippen molar-refractivity contribution in [1.29, 1.82) is 0 Å². The number of benzene rings is 1. The van der Waals surface area contributed by atoms with Crippen LogP contribution >= 0.6 is 0 Å². The largest absolute Gasteiger partial charge is 0.480 e. The lowest BCUT2D eigenvalue weighted by Gasteiger charge is -2.20. The Morgan fingerprint density at radius 2 is 2.15 bits per heavy atom. The van der Waals surface area contributed by atoms with E-state index >= 15 is 0 Å². The maximum Gasteiger partial charge on any atom is 0.323 e. The Balaban J connectivity index is 2.30. The third kappa shape index (κ3) is 2.97. The standard InChI is InChI=1S/C14H16N2O4/c1-20-8-7-16(9-12(17)18)14(19)11-4-2-3-10-5-6-15-13(10)11/h2-6,15H,7-9H2,1H3,(H,17,18). The number of hydrogen-bond acceptors (Lipinski definition) is 3. The van der Waals surface area contributed by atoms with Crippen LogP contribution in [0.1, 0.15) is 10.4 Å². The fourth-order valence-corrected chi connectivity index (χ4v) is 2.05. The highest BCUT2D eigenvalue weighted by molar-refractivity contribution is 6.06. The summed E-state index contributed by atoms with van der Waals surface area (Å²) in [6.45, 7) is 0.178. The average molecular weight is 276 g/mol. The van der Waals surface area contributed by atoms with E-state index in [0.717, 1.165) is 5.39 Å². The molecule has 0 bridgehead atoms. The van der Waals surface area contributed by atoms with Crippen molar-refractivity contribution in [3.8, 4) is 0 Å². The number of methoxy groups -OCH3 is 1. The fourth-order valence-electron chi connectivity index (χ4n) is 2.05. The number of amides is 1. The van der Waals surface area contributed by atoms with Crippen LogP contribution < -0.4 is 0 Å². The van der Waals surface area contributed by atoms with Gasteiger partial charge in [0.05, 0.1) is 17.7 Å². The van der Waals surface area contributed by atoms with Crippen LogP contribution in [0.3, 0.4) is 0 Å². The summed E-state index contributed by atoms with van der Waals surface area (Å²) in [6, 6.07) is 7.21. The number of hydrogen-bond donors (Lipinski definition) is 2. The number of H-pyrrole nitrogens is 1. The molecule has 0 fully saturated rings. The first-order chi connectivity index (χ1) is 9.63. The summed E-state index contributed by atoms with van der Waals surface area (Å²) in [5.74, 6) is -1.37. The van der Waals surface area contributed by atoms with E-state index in [-0.39, 0.29) is 19.0 Å². The lowest BCUT2D eigenvalue weighted by atomic mass is 10.1. The second-order valence-electron chi connectivity index (χ2n) is 4.36. The van der Waals surface area contributed by atoms with Crippen LogP contribution in [0.2, 0.25) is 0 Å². The molecular weight excluding hydrogens is 260 g/mol. The number of para-hydroxylation sites is 1. The number of ether oxygens (including phenoxy) is 1. The smallest absolute Gasteiger partial charge is 0.323 e. The number of carbonyl (C=O) groups excluding carboxylic acids is 1. The monoisotopic (exact) mass is 276 g/mol. The third-order valence-corrected chi connectivity index (χ3v) is 3.00. The molecule has 1 amide bonds. The zero-order valence-corrected chi connectivity index (χ0v) is 11.1. The second-order valence-corrected chi connectivity index (χ2v) is 4.36.